The number of carbonyl (C=O) groups excluding carboxylic acids is 2. The molecule has 144 valence electrons. The van der Waals surface area contributed by atoms with Crippen LogP contribution >= 0.6 is 0 Å². The molecule has 0 spiro atoms. The van der Waals surface area contributed by atoms with Crippen LogP contribution < -0.4 is 20.3 Å². The van der Waals surface area contributed by atoms with E-state index >= 15 is 0 Å². The van der Waals surface area contributed by atoms with E-state index in [9.17, 15) is 14.0 Å². The standard InChI is InChI=1S/C20H23FN2O4/c1-3-12-27-17-10-7-15(13-18(17)26-2)20(25)23-22-19(24)11-6-14-4-8-16(21)9-5-14/h4-5,7-10,13H,3,6,11-12H2,1-2H3,(H,22,24)(H,23,25). The summed E-state index contributed by atoms with van der Waals surface area (Å²) in [6.07, 6.45) is 1.47. The molecule has 0 unspecified atom stereocenters. The number of hydrogen-bond acceptors (Lipinski definition) is 4. The van der Waals surface area contributed by atoms with Gasteiger partial charge in [0.25, 0.3) is 5.91 Å². The lowest BCUT2D eigenvalue weighted by molar-refractivity contribution is -0.121. The van der Waals surface area contributed by atoms with E-state index in [1.54, 1.807) is 30.3 Å². The Morgan fingerprint density at radius 1 is 1.04 bits per heavy atom. The van der Waals surface area contributed by atoms with Gasteiger partial charge in [0.1, 0.15) is 5.82 Å². The molecule has 0 heterocycles. The minimum Gasteiger partial charge on any atom is -0.493 e. The molecule has 2 amide bonds. The highest BCUT2D eigenvalue weighted by Crippen LogP contribution is 2.28. The molecule has 0 saturated carbocycles. The third-order valence-corrected chi connectivity index (χ3v) is 3.76. The Bertz CT molecular complexity index is 778. The van der Waals surface area contributed by atoms with Crippen LogP contribution in [0.2, 0.25) is 0 Å². The molecular weight excluding hydrogens is 351 g/mol. The molecule has 0 aliphatic rings. The summed E-state index contributed by atoms with van der Waals surface area (Å²) >= 11 is 0. The molecule has 0 atom stereocenters. The Morgan fingerprint density at radius 2 is 1.78 bits per heavy atom. The van der Waals surface area contributed by atoms with Crippen molar-refractivity contribution in [3.63, 3.8) is 0 Å². The van der Waals surface area contributed by atoms with Crippen LogP contribution in [0.1, 0.15) is 35.7 Å². The van der Waals surface area contributed by atoms with E-state index in [2.05, 4.69) is 10.9 Å². The van der Waals surface area contributed by atoms with Gasteiger partial charge < -0.3 is 9.47 Å². The van der Waals surface area contributed by atoms with Gasteiger partial charge in [-0.2, -0.15) is 0 Å². The monoisotopic (exact) mass is 374 g/mol. The van der Waals surface area contributed by atoms with Gasteiger partial charge in [-0.1, -0.05) is 19.1 Å². The van der Waals surface area contributed by atoms with Gasteiger partial charge in [-0.15, -0.1) is 0 Å². The lowest BCUT2D eigenvalue weighted by atomic mass is 10.1. The highest BCUT2D eigenvalue weighted by Gasteiger charge is 2.12. The minimum absolute atomic E-state index is 0.166. The molecule has 0 saturated heterocycles. The zero-order valence-corrected chi connectivity index (χ0v) is 15.4. The first kappa shape index (κ1) is 20.2. The van der Waals surface area contributed by atoms with Gasteiger partial charge in [-0.25, -0.2) is 4.39 Å². The Labute approximate surface area is 157 Å². The summed E-state index contributed by atoms with van der Waals surface area (Å²) in [6, 6.07) is 10.7. The van der Waals surface area contributed by atoms with Crippen LogP contribution in [-0.4, -0.2) is 25.5 Å². The van der Waals surface area contributed by atoms with E-state index in [0.717, 1.165) is 12.0 Å². The third-order valence-electron chi connectivity index (χ3n) is 3.76. The molecule has 6 nitrogen and oxygen atoms in total. The Morgan fingerprint density at radius 3 is 2.44 bits per heavy atom. The number of methoxy groups -OCH3 is 1. The first-order valence-electron chi connectivity index (χ1n) is 8.68. The predicted molar refractivity (Wildman–Crippen MR) is 99.1 cm³/mol. The quantitative estimate of drug-likeness (QED) is 0.697. The highest BCUT2D eigenvalue weighted by molar-refractivity contribution is 5.96. The highest BCUT2D eigenvalue weighted by atomic mass is 19.1. The second-order valence-electron chi connectivity index (χ2n) is 5.84. The van der Waals surface area contributed by atoms with Crippen LogP contribution in [0.25, 0.3) is 0 Å². The van der Waals surface area contributed by atoms with E-state index in [0.29, 0.717) is 30.1 Å². The molecule has 0 aliphatic heterocycles. The van der Waals surface area contributed by atoms with Crippen LogP contribution in [0.5, 0.6) is 11.5 Å². The van der Waals surface area contributed by atoms with Gasteiger partial charge in [0.15, 0.2) is 11.5 Å². The van der Waals surface area contributed by atoms with Crippen molar-refractivity contribution in [1.29, 1.82) is 0 Å². The maximum absolute atomic E-state index is 12.9. The molecule has 0 fully saturated rings. The SMILES string of the molecule is CCCOc1ccc(C(=O)NNC(=O)CCc2ccc(F)cc2)cc1OC. The van der Waals surface area contributed by atoms with Gasteiger partial charge in [-0.05, 0) is 48.7 Å². The number of amides is 2. The number of rotatable bonds is 8. The van der Waals surface area contributed by atoms with Crippen LogP contribution in [0.4, 0.5) is 4.39 Å². The van der Waals surface area contributed by atoms with Gasteiger partial charge in [0.2, 0.25) is 5.91 Å². The number of hydrogen-bond donors (Lipinski definition) is 2. The fraction of sp³-hybridized carbons (Fsp3) is 0.300. The molecule has 2 N–H and O–H groups in total. The van der Waals surface area contributed by atoms with Crippen molar-refractivity contribution in [3.8, 4) is 11.5 Å². The molecule has 2 aromatic carbocycles. The van der Waals surface area contributed by atoms with Gasteiger partial charge in [0.05, 0.1) is 13.7 Å². The average molecular weight is 374 g/mol. The number of benzene rings is 2. The Hall–Kier alpha value is -3.09. The second-order valence-corrected chi connectivity index (χ2v) is 5.84. The van der Waals surface area contributed by atoms with Crippen molar-refractivity contribution in [3.05, 3.63) is 59.4 Å². The summed E-state index contributed by atoms with van der Waals surface area (Å²) in [4.78, 5) is 24.1. The van der Waals surface area contributed by atoms with Crippen molar-refractivity contribution in [2.45, 2.75) is 26.2 Å². The molecule has 2 rings (SSSR count). The normalized spacial score (nSPS) is 10.2. The number of hydrazine groups is 1. The largest absolute Gasteiger partial charge is 0.493 e. The van der Waals surface area contributed by atoms with E-state index in [4.69, 9.17) is 9.47 Å². The molecule has 0 aliphatic carbocycles. The minimum atomic E-state index is -0.467. The fourth-order valence-electron chi connectivity index (χ4n) is 2.31. The van der Waals surface area contributed by atoms with E-state index < -0.39 is 5.91 Å². The van der Waals surface area contributed by atoms with Crippen LogP contribution in [-0.2, 0) is 11.2 Å². The molecule has 0 bridgehead atoms. The van der Waals surface area contributed by atoms with Crippen LogP contribution in [0, 0.1) is 5.82 Å². The smallest absolute Gasteiger partial charge is 0.269 e. The number of aryl methyl sites for hydroxylation is 1. The van der Waals surface area contributed by atoms with Crippen molar-refractivity contribution >= 4 is 11.8 Å². The topological polar surface area (TPSA) is 76.7 Å². The maximum atomic E-state index is 12.9. The zero-order valence-electron chi connectivity index (χ0n) is 15.4. The van der Waals surface area contributed by atoms with Crippen LogP contribution in [0.15, 0.2) is 42.5 Å². The van der Waals surface area contributed by atoms with Crippen molar-refractivity contribution in [1.82, 2.24) is 10.9 Å². The van der Waals surface area contributed by atoms with Crippen LogP contribution in [0.3, 0.4) is 0 Å². The van der Waals surface area contributed by atoms with E-state index in [-0.39, 0.29) is 18.1 Å². The molecule has 0 aromatic heterocycles. The number of halogens is 1. The number of nitrogens with one attached hydrogen (secondary N) is 2. The average Bonchev–Trinajstić information content (AvgIpc) is 2.69. The van der Waals surface area contributed by atoms with Gasteiger partial charge >= 0.3 is 0 Å². The fourth-order valence-corrected chi connectivity index (χ4v) is 2.31. The summed E-state index contributed by atoms with van der Waals surface area (Å²) in [5.74, 6) is -0.136. The second kappa shape index (κ2) is 10.2. The summed E-state index contributed by atoms with van der Waals surface area (Å²) < 4.78 is 23.6. The summed E-state index contributed by atoms with van der Waals surface area (Å²) in [5, 5.41) is 0. The zero-order chi connectivity index (χ0) is 19.6. The molecule has 27 heavy (non-hydrogen) atoms. The maximum Gasteiger partial charge on any atom is 0.269 e. The summed E-state index contributed by atoms with van der Waals surface area (Å²) in [5.41, 5.74) is 5.89. The third kappa shape index (κ3) is 6.29. The van der Waals surface area contributed by atoms with Gasteiger partial charge in [-0.3, -0.25) is 20.4 Å². The molecule has 2 aromatic rings. The summed E-state index contributed by atoms with van der Waals surface area (Å²) in [6.45, 7) is 2.54. The number of ether oxygens (including phenoxy) is 2. The van der Waals surface area contributed by atoms with E-state index in [1.165, 1.54) is 19.2 Å². The summed E-state index contributed by atoms with van der Waals surface area (Å²) in [7, 11) is 1.49. The molecular formula is C20H23FN2O4. The van der Waals surface area contributed by atoms with Crippen molar-refractivity contribution in [2.24, 2.45) is 0 Å². The first-order chi connectivity index (χ1) is 13.0. The van der Waals surface area contributed by atoms with E-state index in [1.807, 2.05) is 6.92 Å². The molecule has 0 radical (unpaired) electrons. The Balaban J connectivity index is 1.85. The molecule has 7 heteroatoms. The van der Waals surface area contributed by atoms with Crippen molar-refractivity contribution in [2.75, 3.05) is 13.7 Å². The number of carbonyl (C=O) groups is 2. The van der Waals surface area contributed by atoms with Crippen molar-refractivity contribution < 1.29 is 23.5 Å². The lowest BCUT2D eigenvalue weighted by Gasteiger charge is -2.12. The lowest BCUT2D eigenvalue weighted by Crippen LogP contribution is -2.41. The predicted octanol–water partition coefficient (Wildman–Crippen LogP) is 3.02. The first-order valence-corrected chi connectivity index (χ1v) is 8.68. The Kier molecular flexibility index (Phi) is 7.61. The van der Waals surface area contributed by atoms with Gasteiger partial charge in [0, 0.05) is 12.0 Å².